The molecule has 0 radical (unpaired) electrons. The van der Waals surface area contributed by atoms with E-state index in [9.17, 15) is 9.59 Å². The summed E-state index contributed by atoms with van der Waals surface area (Å²) in [7, 11) is 0. The Hall–Kier alpha value is -3.42. The summed E-state index contributed by atoms with van der Waals surface area (Å²) in [6, 6.07) is 24.1. The van der Waals surface area contributed by atoms with E-state index in [1.165, 1.54) is 11.8 Å². The SMILES string of the molecule is Cc1ccc(N2C(=O)/C(=C/c3cccc(OCC(=O)Nc4ccccc4)c3)SC2=S)cc1. The predicted molar refractivity (Wildman–Crippen MR) is 134 cm³/mol. The molecular weight excluding hydrogens is 440 g/mol. The van der Waals surface area contributed by atoms with E-state index >= 15 is 0 Å². The molecule has 1 aliphatic rings. The first-order chi connectivity index (χ1) is 15.5. The number of aryl methyl sites for hydroxylation is 1. The van der Waals surface area contributed by atoms with Gasteiger partial charge in [0.15, 0.2) is 10.9 Å². The van der Waals surface area contributed by atoms with Crippen molar-refractivity contribution in [2.45, 2.75) is 6.92 Å². The van der Waals surface area contributed by atoms with E-state index in [-0.39, 0.29) is 18.4 Å². The normalized spacial score (nSPS) is 14.7. The van der Waals surface area contributed by atoms with Crippen molar-refractivity contribution in [1.82, 2.24) is 0 Å². The summed E-state index contributed by atoms with van der Waals surface area (Å²) < 4.78 is 6.12. The van der Waals surface area contributed by atoms with Gasteiger partial charge in [0.25, 0.3) is 11.8 Å². The number of amides is 2. The summed E-state index contributed by atoms with van der Waals surface area (Å²) in [4.78, 5) is 27.1. The molecule has 0 unspecified atom stereocenters. The molecule has 7 heteroatoms. The van der Waals surface area contributed by atoms with Crippen LogP contribution in [0.4, 0.5) is 11.4 Å². The Morgan fingerprint density at radius 2 is 1.81 bits per heavy atom. The van der Waals surface area contributed by atoms with Gasteiger partial charge in [-0.2, -0.15) is 0 Å². The fourth-order valence-electron chi connectivity index (χ4n) is 3.10. The number of para-hydroxylation sites is 1. The van der Waals surface area contributed by atoms with Crippen LogP contribution in [0.15, 0.2) is 83.8 Å². The van der Waals surface area contributed by atoms with Crippen molar-refractivity contribution in [2.75, 3.05) is 16.8 Å². The summed E-state index contributed by atoms with van der Waals surface area (Å²) >= 11 is 6.70. The third kappa shape index (κ3) is 5.25. The topological polar surface area (TPSA) is 58.6 Å². The Bertz CT molecular complexity index is 1190. The van der Waals surface area contributed by atoms with Crippen LogP contribution >= 0.6 is 24.0 Å². The highest BCUT2D eigenvalue weighted by molar-refractivity contribution is 8.27. The molecule has 1 aliphatic heterocycles. The average Bonchev–Trinajstić information content (AvgIpc) is 3.07. The van der Waals surface area contributed by atoms with Crippen molar-refractivity contribution >= 4 is 57.6 Å². The standard InChI is InChI=1S/C25H20N2O3S2/c1-17-10-12-20(13-11-17)27-24(29)22(32-25(27)31)15-18-6-5-9-21(14-18)30-16-23(28)26-19-7-3-2-4-8-19/h2-15H,16H2,1H3,(H,26,28)/b22-15-. The molecule has 0 bridgehead atoms. The molecule has 4 rings (SSSR count). The third-order valence-electron chi connectivity index (χ3n) is 4.67. The first kappa shape index (κ1) is 21.8. The van der Waals surface area contributed by atoms with Crippen LogP contribution in [0.3, 0.4) is 0 Å². The number of ether oxygens (including phenoxy) is 1. The second-order valence-electron chi connectivity index (χ2n) is 7.13. The number of benzene rings is 3. The van der Waals surface area contributed by atoms with Crippen molar-refractivity contribution < 1.29 is 14.3 Å². The number of anilines is 2. The van der Waals surface area contributed by atoms with Gasteiger partial charge in [-0.15, -0.1) is 0 Å². The minimum Gasteiger partial charge on any atom is -0.484 e. The number of carbonyl (C=O) groups is 2. The zero-order valence-electron chi connectivity index (χ0n) is 17.3. The molecule has 1 saturated heterocycles. The highest BCUT2D eigenvalue weighted by atomic mass is 32.2. The van der Waals surface area contributed by atoms with Gasteiger partial charge in [-0.1, -0.05) is 72.0 Å². The summed E-state index contributed by atoms with van der Waals surface area (Å²) in [5.41, 5.74) is 3.37. The van der Waals surface area contributed by atoms with Gasteiger partial charge in [0, 0.05) is 5.69 Å². The summed E-state index contributed by atoms with van der Waals surface area (Å²) in [5.74, 6) is 0.133. The van der Waals surface area contributed by atoms with Crippen LogP contribution in [-0.2, 0) is 9.59 Å². The lowest BCUT2D eigenvalue weighted by Gasteiger charge is -2.14. The minimum absolute atomic E-state index is 0.117. The van der Waals surface area contributed by atoms with Crippen molar-refractivity contribution in [3.05, 3.63) is 94.9 Å². The van der Waals surface area contributed by atoms with Gasteiger partial charge in [-0.25, -0.2) is 0 Å². The van der Waals surface area contributed by atoms with E-state index in [0.717, 1.165) is 16.8 Å². The second kappa shape index (κ2) is 9.80. The summed E-state index contributed by atoms with van der Waals surface area (Å²) in [6.07, 6.45) is 1.78. The molecule has 0 saturated carbocycles. The van der Waals surface area contributed by atoms with E-state index < -0.39 is 0 Å². The van der Waals surface area contributed by atoms with E-state index in [4.69, 9.17) is 17.0 Å². The maximum Gasteiger partial charge on any atom is 0.270 e. The molecule has 1 heterocycles. The van der Waals surface area contributed by atoms with Crippen LogP contribution in [-0.4, -0.2) is 22.7 Å². The molecule has 0 atom stereocenters. The molecule has 1 fully saturated rings. The second-order valence-corrected chi connectivity index (χ2v) is 8.80. The van der Waals surface area contributed by atoms with Gasteiger partial charge in [0.1, 0.15) is 5.75 Å². The van der Waals surface area contributed by atoms with Crippen LogP contribution < -0.4 is 15.0 Å². The van der Waals surface area contributed by atoms with E-state index in [1.807, 2.05) is 73.7 Å². The lowest BCUT2D eigenvalue weighted by molar-refractivity contribution is -0.118. The lowest BCUT2D eigenvalue weighted by atomic mass is 10.2. The largest absolute Gasteiger partial charge is 0.484 e. The predicted octanol–water partition coefficient (Wildman–Crippen LogP) is 5.42. The number of rotatable bonds is 6. The van der Waals surface area contributed by atoms with Gasteiger partial charge >= 0.3 is 0 Å². The van der Waals surface area contributed by atoms with Gasteiger partial charge in [-0.05, 0) is 55.0 Å². The van der Waals surface area contributed by atoms with Crippen LogP contribution in [0, 0.1) is 6.92 Å². The van der Waals surface area contributed by atoms with Crippen molar-refractivity contribution in [3.8, 4) is 5.75 Å². The summed E-state index contributed by atoms with van der Waals surface area (Å²) in [5, 5.41) is 2.78. The molecular formula is C25H20N2O3S2. The fourth-order valence-corrected chi connectivity index (χ4v) is 4.40. The van der Waals surface area contributed by atoms with Crippen LogP contribution in [0.25, 0.3) is 6.08 Å². The van der Waals surface area contributed by atoms with Crippen LogP contribution in [0.1, 0.15) is 11.1 Å². The van der Waals surface area contributed by atoms with Crippen LogP contribution in [0.2, 0.25) is 0 Å². The maximum atomic E-state index is 12.9. The minimum atomic E-state index is -0.249. The Morgan fingerprint density at radius 3 is 2.56 bits per heavy atom. The van der Waals surface area contributed by atoms with Crippen molar-refractivity contribution in [1.29, 1.82) is 0 Å². The van der Waals surface area contributed by atoms with Crippen molar-refractivity contribution in [3.63, 3.8) is 0 Å². The molecule has 1 N–H and O–H groups in total. The summed E-state index contributed by atoms with van der Waals surface area (Å²) in [6.45, 7) is 1.88. The molecule has 5 nitrogen and oxygen atoms in total. The maximum absolute atomic E-state index is 12.9. The first-order valence-electron chi connectivity index (χ1n) is 9.92. The number of nitrogens with zero attached hydrogens (tertiary/aromatic N) is 1. The van der Waals surface area contributed by atoms with Gasteiger partial charge in [-0.3, -0.25) is 14.5 Å². The fraction of sp³-hybridized carbons (Fsp3) is 0.0800. The number of nitrogens with one attached hydrogen (secondary N) is 1. The Balaban J connectivity index is 1.43. The molecule has 32 heavy (non-hydrogen) atoms. The lowest BCUT2D eigenvalue weighted by Crippen LogP contribution is -2.27. The van der Waals surface area contributed by atoms with Gasteiger partial charge in [0.2, 0.25) is 0 Å². The Labute approximate surface area is 196 Å². The van der Waals surface area contributed by atoms with E-state index in [1.54, 1.807) is 23.1 Å². The van der Waals surface area contributed by atoms with E-state index in [0.29, 0.717) is 20.7 Å². The first-order valence-corrected chi connectivity index (χ1v) is 11.1. The van der Waals surface area contributed by atoms with Crippen molar-refractivity contribution in [2.24, 2.45) is 0 Å². The number of thiocarbonyl (C=S) groups is 1. The average molecular weight is 461 g/mol. The number of hydrogen-bond donors (Lipinski definition) is 1. The molecule has 2 amide bonds. The molecule has 0 aromatic heterocycles. The van der Waals surface area contributed by atoms with E-state index in [2.05, 4.69) is 5.32 Å². The zero-order chi connectivity index (χ0) is 22.5. The monoisotopic (exact) mass is 460 g/mol. The highest BCUT2D eigenvalue weighted by Crippen LogP contribution is 2.36. The zero-order valence-corrected chi connectivity index (χ0v) is 18.9. The molecule has 3 aromatic rings. The third-order valence-corrected chi connectivity index (χ3v) is 5.97. The van der Waals surface area contributed by atoms with Gasteiger partial charge in [0.05, 0.1) is 10.6 Å². The number of thioether (sulfide) groups is 1. The number of hydrogen-bond acceptors (Lipinski definition) is 5. The molecule has 0 aliphatic carbocycles. The van der Waals surface area contributed by atoms with Gasteiger partial charge < -0.3 is 10.1 Å². The Morgan fingerprint density at radius 1 is 1.06 bits per heavy atom. The molecule has 0 spiro atoms. The number of carbonyl (C=O) groups excluding carboxylic acids is 2. The molecule has 160 valence electrons. The highest BCUT2D eigenvalue weighted by Gasteiger charge is 2.33. The van der Waals surface area contributed by atoms with Crippen LogP contribution in [0.5, 0.6) is 5.75 Å². The molecule has 3 aromatic carbocycles. The smallest absolute Gasteiger partial charge is 0.270 e. The quantitative estimate of drug-likeness (QED) is 0.393. The Kier molecular flexibility index (Phi) is 6.68.